The molecular formula is C47H95NO8Si2. The molecule has 0 saturated carbocycles. The normalized spacial score (nSPS) is 14.3. The minimum Gasteiger partial charge on any atom is -0.465 e. The van der Waals surface area contributed by atoms with Crippen LogP contribution < -0.4 is 0 Å². The number of unbranched alkanes of at least 4 members (excludes halogenated alkanes) is 3. The molecule has 2 atom stereocenters. The van der Waals surface area contributed by atoms with E-state index in [-0.39, 0.29) is 40.2 Å². The molecule has 0 radical (unpaired) electrons. The summed E-state index contributed by atoms with van der Waals surface area (Å²) >= 11 is 0. The maximum absolute atomic E-state index is 12.6. The number of carbonyl (C=O) groups is 3. The second-order valence-corrected chi connectivity index (χ2v) is 30.5. The summed E-state index contributed by atoms with van der Waals surface area (Å²) in [5.74, 6) is 0.475. The van der Waals surface area contributed by atoms with Crippen molar-refractivity contribution < 1.29 is 37.4 Å². The number of esters is 3. The van der Waals surface area contributed by atoms with Crippen LogP contribution in [-0.2, 0) is 37.4 Å². The van der Waals surface area contributed by atoms with Gasteiger partial charge in [0.05, 0.1) is 25.4 Å². The summed E-state index contributed by atoms with van der Waals surface area (Å²) in [6.45, 7) is 40.6. The molecule has 0 aromatic heterocycles. The van der Waals surface area contributed by atoms with E-state index in [1.54, 1.807) is 0 Å². The van der Waals surface area contributed by atoms with Crippen molar-refractivity contribution in [2.24, 2.45) is 11.8 Å². The molecule has 0 N–H and O–H groups in total. The van der Waals surface area contributed by atoms with Gasteiger partial charge in [0.2, 0.25) is 0 Å². The van der Waals surface area contributed by atoms with E-state index in [4.69, 9.17) is 23.1 Å². The fourth-order valence-electron chi connectivity index (χ4n) is 6.29. The summed E-state index contributed by atoms with van der Waals surface area (Å²) in [7, 11) is -4.27. The first-order valence-electron chi connectivity index (χ1n) is 23.3. The molecule has 0 aromatic carbocycles. The van der Waals surface area contributed by atoms with E-state index < -0.39 is 22.2 Å². The predicted molar refractivity (Wildman–Crippen MR) is 247 cm³/mol. The van der Waals surface area contributed by atoms with E-state index in [1.807, 2.05) is 20.8 Å². The minimum absolute atomic E-state index is 0.00862. The van der Waals surface area contributed by atoms with E-state index in [2.05, 4.69) is 100 Å². The molecule has 0 saturated heterocycles. The van der Waals surface area contributed by atoms with Crippen molar-refractivity contribution >= 4 is 34.5 Å². The van der Waals surface area contributed by atoms with E-state index in [0.29, 0.717) is 44.3 Å². The van der Waals surface area contributed by atoms with Gasteiger partial charge >= 0.3 is 17.9 Å². The van der Waals surface area contributed by atoms with Gasteiger partial charge in [-0.05, 0) is 114 Å². The van der Waals surface area contributed by atoms with Gasteiger partial charge in [0, 0.05) is 32.4 Å². The first kappa shape index (κ1) is 56.7. The Morgan fingerprint density at radius 2 is 0.862 bits per heavy atom. The molecule has 0 aliphatic rings. The fraction of sp³-hybridized carbons (Fsp3) is 0.936. The summed E-state index contributed by atoms with van der Waals surface area (Å²) in [6, 6.07) is 0. The second-order valence-electron chi connectivity index (χ2n) is 21.0. The summed E-state index contributed by atoms with van der Waals surface area (Å²) in [5.41, 5.74) is -0.500. The predicted octanol–water partition coefficient (Wildman–Crippen LogP) is 12.7. The van der Waals surface area contributed by atoms with Gasteiger partial charge in [0.15, 0.2) is 16.6 Å². The number of ether oxygens (including phenoxy) is 3. The average molecular weight is 858 g/mol. The van der Waals surface area contributed by atoms with Crippen molar-refractivity contribution in [1.82, 2.24) is 4.90 Å². The monoisotopic (exact) mass is 858 g/mol. The molecule has 0 fully saturated rings. The van der Waals surface area contributed by atoms with Crippen LogP contribution in [0, 0.1) is 11.8 Å². The zero-order chi connectivity index (χ0) is 44.8. The van der Waals surface area contributed by atoms with Crippen LogP contribution in [0.25, 0.3) is 0 Å². The van der Waals surface area contributed by atoms with Gasteiger partial charge in [-0.15, -0.1) is 0 Å². The van der Waals surface area contributed by atoms with Gasteiger partial charge in [-0.2, -0.15) is 0 Å². The van der Waals surface area contributed by atoms with Gasteiger partial charge in [-0.25, -0.2) is 0 Å². The molecule has 9 nitrogen and oxygen atoms in total. The lowest BCUT2D eigenvalue weighted by molar-refractivity contribution is -0.155. The Hall–Kier alpha value is -1.28. The number of rotatable bonds is 31. The molecule has 2 unspecified atom stereocenters. The SMILES string of the molecule is CCC(CC)COC(=O)CCCCC(CN(CCCCC(=O)OC(C)(C)C)CC(CCCCC(=O)OCC(CC)CC)O[Si](C)(C)C(C)(C)C)O[Si](C)(C)C(C)(C)C. The Bertz CT molecular complexity index is 1060. The van der Waals surface area contributed by atoms with Crippen molar-refractivity contribution in [3.05, 3.63) is 0 Å². The van der Waals surface area contributed by atoms with Gasteiger partial charge in [-0.1, -0.05) is 108 Å². The lowest BCUT2D eigenvalue weighted by Crippen LogP contribution is -2.50. The highest BCUT2D eigenvalue weighted by Gasteiger charge is 2.41. The lowest BCUT2D eigenvalue weighted by Gasteiger charge is -2.42. The Morgan fingerprint density at radius 1 is 0.517 bits per heavy atom. The first-order chi connectivity index (χ1) is 26.7. The molecule has 0 aliphatic heterocycles. The van der Waals surface area contributed by atoms with Crippen molar-refractivity contribution in [3.63, 3.8) is 0 Å². The number of carbonyl (C=O) groups excluding carboxylic acids is 3. The van der Waals surface area contributed by atoms with E-state index in [0.717, 1.165) is 96.7 Å². The van der Waals surface area contributed by atoms with Crippen molar-refractivity contribution in [2.75, 3.05) is 32.8 Å². The highest BCUT2D eigenvalue weighted by Crippen LogP contribution is 2.39. The van der Waals surface area contributed by atoms with Crippen molar-refractivity contribution in [3.8, 4) is 0 Å². The molecule has 0 bridgehead atoms. The lowest BCUT2D eigenvalue weighted by atomic mass is 10.1. The van der Waals surface area contributed by atoms with Crippen LogP contribution in [0.2, 0.25) is 36.3 Å². The molecule has 0 amide bonds. The standard InChI is InChI=1S/C47H95NO8Si2/c1-18-38(19-2)36-52-42(49)30-24-22-28-40(55-57(14,15)46(8,9)10)34-48(33-27-26-32-44(51)54-45(5,6)7)35-41(56-58(16,17)47(11,12)13)29-23-25-31-43(50)53-37-39(20-3)21-4/h38-41H,18-37H2,1-17H3. The summed E-state index contributed by atoms with van der Waals surface area (Å²) < 4.78 is 31.3. The van der Waals surface area contributed by atoms with Crippen molar-refractivity contribution in [2.45, 2.75) is 240 Å². The summed E-state index contributed by atoms with van der Waals surface area (Å²) in [6.07, 6.45) is 11.9. The van der Waals surface area contributed by atoms with E-state index >= 15 is 0 Å². The van der Waals surface area contributed by atoms with Gasteiger partial charge in [0.25, 0.3) is 0 Å². The van der Waals surface area contributed by atoms with Crippen molar-refractivity contribution in [1.29, 1.82) is 0 Å². The van der Waals surface area contributed by atoms with Crippen LogP contribution in [-0.4, -0.2) is 90.1 Å². The highest BCUT2D eigenvalue weighted by atomic mass is 28.4. The van der Waals surface area contributed by atoms with Crippen LogP contribution in [0.1, 0.15) is 186 Å². The third-order valence-electron chi connectivity index (χ3n) is 12.6. The van der Waals surface area contributed by atoms with E-state index in [1.165, 1.54) is 0 Å². The van der Waals surface area contributed by atoms with Crippen LogP contribution in [0.3, 0.4) is 0 Å². The molecule has 0 heterocycles. The summed E-state index contributed by atoms with van der Waals surface area (Å²) in [5, 5.41) is 0.0943. The minimum atomic E-state index is -2.13. The fourth-order valence-corrected chi connectivity index (χ4v) is 9.05. The maximum atomic E-state index is 12.6. The Labute approximate surface area is 360 Å². The number of hydrogen-bond acceptors (Lipinski definition) is 9. The maximum Gasteiger partial charge on any atom is 0.306 e. The molecule has 0 aromatic rings. The molecule has 344 valence electrons. The third kappa shape index (κ3) is 25.5. The third-order valence-corrected chi connectivity index (χ3v) is 21.6. The first-order valence-corrected chi connectivity index (χ1v) is 29.1. The smallest absolute Gasteiger partial charge is 0.306 e. The molecule has 11 heteroatoms. The average Bonchev–Trinajstić information content (AvgIpc) is 3.09. The zero-order valence-electron chi connectivity index (χ0n) is 41.2. The Balaban J connectivity index is 6.26. The number of hydrogen-bond donors (Lipinski definition) is 0. The van der Waals surface area contributed by atoms with Crippen LogP contribution in [0.4, 0.5) is 0 Å². The van der Waals surface area contributed by atoms with Gasteiger partial charge < -0.3 is 23.1 Å². The topological polar surface area (TPSA) is 101 Å². The molecule has 0 spiro atoms. The quantitative estimate of drug-likeness (QED) is 0.0292. The zero-order valence-corrected chi connectivity index (χ0v) is 43.2. The molecule has 58 heavy (non-hydrogen) atoms. The highest BCUT2D eigenvalue weighted by molar-refractivity contribution is 6.74. The Morgan fingerprint density at radius 3 is 1.19 bits per heavy atom. The molecule has 0 rings (SSSR count). The number of nitrogens with zero attached hydrogens (tertiary/aromatic N) is 1. The Kier molecular flexibility index (Phi) is 27.0. The van der Waals surface area contributed by atoms with Gasteiger partial charge in [0.1, 0.15) is 5.60 Å². The van der Waals surface area contributed by atoms with Crippen LogP contribution >= 0.6 is 0 Å². The molecular weight excluding hydrogens is 763 g/mol. The van der Waals surface area contributed by atoms with E-state index in [9.17, 15) is 14.4 Å². The van der Waals surface area contributed by atoms with Crippen LogP contribution in [0.5, 0.6) is 0 Å². The summed E-state index contributed by atoms with van der Waals surface area (Å²) in [4.78, 5) is 40.4. The second kappa shape index (κ2) is 27.6. The van der Waals surface area contributed by atoms with Crippen LogP contribution in [0.15, 0.2) is 0 Å². The molecule has 0 aliphatic carbocycles. The van der Waals surface area contributed by atoms with Gasteiger partial charge in [-0.3, -0.25) is 19.3 Å². The largest absolute Gasteiger partial charge is 0.465 e.